The van der Waals surface area contributed by atoms with Crippen molar-refractivity contribution in [3.63, 3.8) is 0 Å². The average Bonchev–Trinajstić information content (AvgIpc) is 2.69. The van der Waals surface area contributed by atoms with E-state index in [2.05, 4.69) is 10.3 Å². The fourth-order valence-corrected chi connectivity index (χ4v) is 2.54. The van der Waals surface area contributed by atoms with E-state index in [-0.39, 0.29) is 11.8 Å². The van der Waals surface area contributed by atoms with Crippen molar-refractivity contribution >= 4 is 17.5 Å². The molecule has 130 valence electrons. The Balaban J connectivity index is 1.63. The second-order valence-corrected chi connectivity index (χ2v) is 5.91. The molecule has 0 aliphatic heterocycles. The van der Waals surface area contributed by atoms with Crippen LogP contribution in [0.1, 0.15) is 26.3 Å². The smallest absolute Gasteiger partial charge is 0.255 e. The van der Waals surface area contributed by atoms with Crippen LogP contribution in [-0.4, -0.2) is 28.7 Å². The number of hydrogen-bond acceptors (Lipinski definition) is 3. The quantitative estimate of drug-likeness (QED) is 0.768. The molecule has 0 unspecified atom stereocenters. The summed E-state index contributed by atoms with van der Waals surface area (Å²) in [6, 6.07) is 19.6. The molecule has 3 aromatic rings. The van der Waals surface area contributed by atoms with E-state index in [4.69, 9.17) is 0 Å². The first-order valence-electron chi connectivity index (χ1n) is 8.24. The molecule has 0 aliphatic carbocycles. The minimum Gasteiger partial charge on any atom is -0.337 e. The van der Waals surface area contributed by atoms with Gasteiger partial charge in [-0.05, 0) is 54.1 Å². The number of benzene rings is 2. The highest BCUT2D eigenvalue weighted by atomic mass is 16.2. The molecule has 1 heterocycles. The van der Waals surface area contributed by atoms with Crippen molar-refractivity contribution in [1.82, 2.24) is 9.88 Å². The van der Waals surface area contributed by atoms with Gasteiger partial charge in [-0.1, -0.05) is 18.2 Å². The van der Waals surface area contributed by atoms with Gasteiger partial charge in [-0.3, -0.25) is 14.6 Å². The van der Waals surface area contributed by atoms with Gasteiger partial charge in [0.25, 0.3) is 11.8 Å². The van der Waals surface area contributed by atoms with Crippen LogP contribution in [0.5, 0.6) is 0 Å². The summed E-state index contributed by atoms with van der Waals surface area (Å²) in [6.07, 6.45) is 3.41. The molecular weight excluding hydrogens is 326 g/mol. The summed E-state index contributed by atoms with van der Waals surface area (Å²) in [4.78, 5) is 30.3. The van der Waals surface area contributed by atoms with Crippen LogP contribution in [0.25, 0.3) is 0 Å². The maximum Gasteiger partial charge on any atom is 0.255 e. The van der Waals surface area contributed by atoms with E-state index in [1.807, 2.05) is 30.3 Å². The Morgan fingerprint density at radius 3 is 2.19 bits per heavy atom. The van der Waals surface area contributed by atoms with Crippen LogP contribution in [0.2, 0.25) is 0 Å². The highest BCUT2D eigenvalue weighted by Gasteiger charge is 2.12. The molecule has 3 rings (SSSR count). The van der Waals surface area contributed by atoms with Gasteiger partial charge in [0.1, 0.15) is 0 Å². The molecule has 5 heteroatoms. The van der Waals surface area contributed by atoms with Gasteiger partial charge in [-0.25, -0.2) is 0 Å². The highest BCUT2D eigenvalue weighted by Crippen LogP contribution is 2.14. The van der Waals surface area contributed by atoms with E-state index in [0.717, 1.165) is 5.56 Å². The van der Waals surface area contributed by atoms with Crippen molar-refractivity contribution in [1.29, 1.82) is 0 Å². The number of pyridine rings is 1. The largest absolute Gasteiger partial charge is 0.337 e. The van der Waals surface area contributed by atoms with Gasteiger partial charge in [0.05, 0.1) is 0 Å². The standard InChI is InChI=1S/C21H19N3O2/c1-24(15-16-11-13-22-14-12-16)21(26)18-7-9-19(10-8-18)23-20(25)17-5-3-2-4-6-17/h2-14H,15H2,1H3,(H,23,25). The third-order valence-corrected chi connectivity index (χ3v) is 3.94. The molecule has 0 atom stereocenters. The zero-order valence-electron chi connectivity index (χ0n) is 14.4. The zero-order chi connectivity index (χ0) is 18.4. The van der Waals surface area contributed by atoms with E-state index in [0.29, 0.717) is 23.4 Å². The Morgan fingerprint density at radius 2 is 1.54 bits per heavy atom. The minimum absolute atomic E-state index is 0.0808. The maximum absolute atomic E-state index is 12.5. The lowest BCUT2D eigenvalue weighted by atomic mass is 10.1. The topological polar surface area (TPSA) is 62.3 Å². The van der Waals surface area contributed by atoms with Crippen LogP contribution >= 0.6 is 0 Å². The molecule has 1 N–H and O–H groups in total. The predicted octanol–water partition coefficient (Wildman–Crippen LogP) is 3.61. The predicted molar refractivity (Wildman–Crippen MR) is 101 cm³/mol. The Kier molecular flexibility index (Phi) is 5.39. The van der Waals surface area contributed by atoms with Crippen molar-refractivity contribution in [2.75, 3.05) is 12.4 Å². The number of nitrogens with zero attached hydrogens (tertiary/aromatic N) is 2. The lowest BCUT2D eigenvalue weighted by Crippen LogP contribution is -2.26. The second-order valence-electron chi connectivity index (χ2n) is 5.91. The molecule has 0 bridgehead atoms. The second kappa shape index (κ2) is 8.07. The van der Waals surface area contributed by atoms with E-state index in [9.17, 15) is 9.59 Å². The van der Waals surface area contributed by atoms with Crippen LogP contribution in [0, 0.1) is 0 Å². The number of carbonyl (C=O) groups excluding carboxylic acids is 2. The summed E-state index contributed by atoms with van der Waals surface area (Å²) in [5.41, 5.74) is 2.82. The van der Waals surface area contributed by atoms with Gasteiger partial charge in [0.2, 0.25) is 0 Å². The van der Waals surface area contributed by atoms with Gasteiger partial charge in [0.15, 0.2) is 0 Å². The number of amides is 2. The average molecular weight is 345 g/mol. The fraction of sp³-hybridized carbons (Fsp3) is 0.0952. The van der Waals surface area contributed by atoms with Crippen molar-refractivity contribution in [3.05, 3.63) is 95.8 Å². The van der Waals surface area contributed by atoms with E-state index in [1.165, 1.54) is 0 Å². The van der Waals surface area contributed by atoms with Crippen LogP contribution < -0.4 is 5.32 Å². The van der Waals surface area contributed by atoms with Gasteiger partial charge in [-0.15, -0.1) is 0 Å². The molecule has 2 amide bonds. The zero-order valence-corrected chi connectivity index (χ0v) is 14.4. The van der Waals surface area contributed by atoms with Crippen molar-refractivity contribution in [2.45, 2.75) is 6.54 Å². The summed E-state index contributed by atoms with van der Waals surface area (Å²) < 4.78 is 0. The molecule has 0 saturated heterocycles. The third-order valence-electron chi connectivity index (χ3n) is 3.94. The first-order valence-corrected chi connectivity index (χ1v) is 8.24. The fourth-order valence-electron chi connectivity index (χ4n) is 2.54. The molecule has 0 aliphatic rings. The summed E-state index contributed by atoms with van der Waals surface area (Å²) in [5, 5.41) is 2.82. The number of rotatable bonds is 5. The molecule has 26 heavy (non-hydrogen) atoms. The van der Waals surface area contributed by atoms with Crippen LogP contribution in [0.4, 0.5) is 5.69 Å². The molecule has 2 aromatic carbocycles. The van der Waals surface area contributed by atoms with Crippen molar-refractivity contribution in [2.24, 2.45) is 0 Å². The minimum atomic E-state index is -0.181. The molecular formula is C21H19N3O2. The molecule has 0 fully saturated rings. The lowest BCUT2D eigenvalue weighted by Gasteiger charge is -2.17. The Hall–Kier alpha value is -3.47. The maximum atomic E-state index is 12.5. The van der Waals surface area contributed by atoms with Gasteiger partial charge in [0, 0.05) is 42.8 Å². The first-order chi connectivity index (χ1) is 12.6. The molecule has 1 aromatic heterocycles. The van der Waals surface area contributed by atoms with E-state index in [1.54, 1.807) is 60.7 Å². The lowest BCUT2D eigenvalue weighted by molar-refractivity contribution is 0.0785. The summed E-state index contributed by atoms with van der Waals surface area (Å²) >= 11 is 0. The van der Waals surface area contributed by atoms with Gasteiger partial charge >= 0.3 is 0 Å². The molecule has 0 radical (unpaired) electrons. The van der Waals surface area contributed by atoms with Crippen LogP contribution in [0.15, 0.2) is 79.1 Å². The summed E-state index contributed by atoms with van der Waals surface area (Å²) in [6.45, 7) is 0.508. The van der Waals surface area contributed by atoms with Crippen molar-refractivity contribution in [3.8, 4) is 0 Å². The number of aromatic nitrogens is 1. The molecule has 5 nitrogen and oxygen atoms in total. The first kappa shape index (κ1) is 17.4. The third kappa shape index (κ3) is 4.33. The highest BCUT2D eigenvalue weighted by molar-refractivity contribution is 6.04. The van der Waals surface area contributed by atoms with Crippen LogP contribution in [0.3, 0.4) is 0 Å². The van der Waals surface area contributed by atoms with E-state index < -0.39 is 0 Å². The van der Waals surface area contributed by atoms with Gasteiger partial charge < -0.3 is 10.2 Å². The Labute approximate surface area is 152 Å². The molecule has 0 saturated carbocycles. The number of carbonyl (C=O) groups is 2. The number of nitrogens with one attached hydrogen (secondary N) is 1. The van der Waals surface area contributed by atoms with Crippen molar-refractivity contribution < 1.29 is 9.59 Å². The Bertz CT molecular complexity index is 878. The summed E-state index contributed by atoms with van der Waals surface area (Å²) in [7, 11) is 1.76. The monoisotopic (exact) mass is 345 g/mol. The van der Waals surface area contributed by atoms with Gasteiger partial charge in [-0.2, -0.15) is 0 Å². The number of hydrogen-bond donors (Lipinski definition) is 1. The molecule has 0 spiro atoms. The van der Waals surface area contributed by atoms with E-state index >= 15 is 0 Å². The normalized spacial score (nSPS) is 10.2. The SMILES string of the molecule is CN(Cc1ccncc1)C(=O)c1ccc(NC(=O)c2ccccc2)cc1. The van der Waals surface area contributed by atoms with Crippen LogP contribution in [-0.2, 0) is 6.54 Å². The summed E-state index contributed by atoms with van der Waals surface area (Å²) in [5.74, 6) is -0.262. The number of anilines is 1. The Morgan fingerprint density at radius 1 is 0.885 bits per heavy atom.